The maximum absolute atomic E-state index is 10.7. The molecule has 0 saturated carbocycles. The van der Waals surface area contributed by atoms with E-state index in [1.165, 1.54) is 0 Å². The largest absolute Gasteiger partial charge is 0.461 e. The van der Waals surface area contributed by atoms with Gasteiger partial charge >= 0.3 is 0 Å². The van der Waals surface area contributed by atoms with Gasteiger partial charge in [-0.1, -0.05) is 6.58 Å². The van der Waals surface area contributed by atoms with Crippen molar-refractivity contribution >= 4 is 23.2 Å². The highest BCUT2D eigenvalue weighted by molar-refractivity contribution is 7.80. The van der Waals surface area contributed by atoms with Crippen molar-refractivity contribution in [3.8, 4) is 0 Å². The molecule has 1 aliphatic rings. The molecule has 0 N–H and O–H groups in total. The van der Waals surface area contributed by atoms with Crippen LogP contribution in [0.1, 0.15) is 13.3 Å². The molecule has 0 spiro atoms. The van der Waals surface area contributed by atoms with Crippen LogP contribution in [0.5, 0.6) is 0 Å². The van der Waals surface area contributed by atoms with Crippen LogP contribution < -0.4 is 0 Å². The van der Waals surface area contributed by atoms with Gasteiger partial charge in [0.25, 0.3) is 5.17 Å². The first-order valence-electron chi connectivity index (χ1n) is 4.21. The first-order valence-corrected chi connectivity index (χ1v) is 4.62. The summed E-state index contributed by atoms with van der Waals surface area (Å²) in [5.41, 5.74) is 0. The molecule has 0 aromatic heterocycles. The number of carbonyl (C=O) groups excluding carboxylic acids is 1. The maximum atomic E-state index is 10.7. The minimum absolute atomic E-state index is 0.0144. The van der Waals surface area contributed by atoms with Crippen molar-refractivity contribution < 1.29 is 9.53 Å². The summed E-state index contributed by atoms with van der Waals surface area (Å²) in [6.45, 7) is 6.57. The number of hydrogen-bond donors (Lipinski definition) is 0. The summed E-state index contributed by atoms with van der Waals surface area (Å²) in [6, 6.07) is 0. The van der Waals surface area contributed by atoms with Crippen LogP contribution in [-0.2, 0) is 9.53 Å². The number of thiocarbonyl (C=S) groups is 1. The Hall–Kier alpha value is -0.900. The molecule has 4 heteroatoms. The molecule has 0 aromatic rings. The summed E-state index contributed by atoms with van der Waals surface area (Å²) in [5, 5.41) is 0.478. The lowest BCUT2D eigenvalue weighted by Gasteiger charge is -2.12. The van der Waals surface area contributed by atoms with Gasteiger partial charge in [0.2, 0.25) is 0 Å². The van der Waals surface area contributed by atoms with E-state index in [1.807, 2.05) is 4.90 Å². The van der Waals surface area contributed by atoms with Gasteiger partial charge in [-0.05, 0) is 25.2 Å². The van der Waals surface area contributed by atoms with Crippen molar-refractivity contribution in [3.63, 3.8) is 0 Å². The van der Waals surface area contributed by atoms with Gasteiger partial charge in [0, 0.05) is 13.0 Å². The first-order chi connectivity index (χ1) is 6.13. The molecule has 0 aliphatic carbocycles. The minimum atomic E-state index is -0.0144. The summed E-state index contributed by atoms with van der Waals surface area (Å²) < 4.78 is 5.28. The minimum Gasteiger partial charge on any atom is -0.461 e. The second-order valence-corrected chi connectivity index (χ2v) is 3.41. The topological polar surface area (TPSA) is 29.5 Å². The fourth-order valence-corrected chi connectivity index (χ4v) is 1.42. The van der Waals surface area contributed by atoms with E-state index in [4.69, 9.17) is 17.0 Å². The molecule has 1 atom stereocenters. The van der Waals surface area contributed by atoms with E-state index in [9.17, 15) is 4.79 Å². The standard InChI is InChI=1S/C9H13NO2S/c1-3-8-6-10(9(13)12-8)5-4-7(2)11/h3,8H,1,4-6H2,2H3/t8-/m1/s1. The van der Waals surface area contributed by atoms with Crippen LogP contribution in [0.15, 0.2) is 12.7 Å². The molecule has 1 aliphatic heterocycles. The summed E-state index contributed by atoms with van der Waals surface area (Å²) in [5.74, 6) is 0.171. The van der Waals surface area contributed by atoms with Crippen molar-refractivity contribution in [2.45, 2.75) is 19.4 Å². The highest BCUT2D eigenvalue weighted by atomic mass is 32.1. The second kappa shape index (κ2) is 4.37. The Morgan fingerprint density at radius 1 is 1.92 bits per heavy atom. The molecule has 0 radical (unpaired) electrons. The normalized spacial score (nSPS) is 21.5. The molecule has 3 nitrogen and oxygen atoms in total. The Bertz CT molecular complexity index is 240. The van der Waals surface area contributed by atoms with E-state index in [0.717, 1.165) is 6.54 Å². The van der Waals surface area contributed by atoms with Crippen molar-refractivity contribution in [2.24, 2.45) is 0 Å². The van der Waals surface area contributed by atoms with Crippen LogP contribution in [0.2, 0.25) is 0 Å². The highest BCUT2D eigenvalue weighted by Gasteiger charge is 2.25. The fourth-order valence-electron chi connectivity index (χ4n) is 1.13. The predicted octanol–water partition coefficient (Wildman–Crippen LogP) is 1.14. The Labute approximate surface area is 83.4 Å². The van der Waals surface area contributed by atoms with Gasteiger partial charge in [0.05, 0.1) is 6.54 Å². The summed E-state index contributed by atoms with van der Waals surface area (Å²) >= 11 is 4.98. The van der Waals surface area contributed by atoms with Gasteiger partial charge in [-0.15, -0.1) is 0 Å². The number of Topliss-reactive ketones (excluding diaryl/α,β-unsaturated/α-hetero) is 1. The third-order valence-corrected chi connectivity index (χ3v) is 2.26. The van der Waals surface area contributed by atoms with Crippen LogP contribution in [0.4, 0.5) is 0 Å². The molecular weight excluding hydrogens is 186 g/mol. The molecule has 72 valence electrons. The fraction of sp³-hybridized carbons (Fsp3) is 0.556. The lowest BCUT2D eigenvalue weighted by Crippen LogP contribution is -2.27. The van der Waals surface area contributed by atoms with Crippen LogP contribution in [0.3, 0.4) is 0 Å². The van der Waals surface area contributed by atoms with Crippen LogP contribution >= 0.6 is 12.2 Å². The van der Waals surface area contributed by atoms with E-state index in [-0.39, 0.29) is 11.9 Å². The molecule has 0 aromatic carbocycles. The molecule has 1 rings (SSSR count). The molecule has 1 saturated heterocycles. The van der Waals surface area contributed by atoms with Crippen molar-refractivity contribution in [1.29, 1.82) is 0 Å². The van der Waals surface area contributed by atoms with Crippen LogP contribution in [0, 0.1) is 0 Å². The van der Waals surface area contributed by atoms with Gasteiger partial charge < -0.3 is 9.64 Å². The Kier molecular flexibility index (Phi) is 3.42. The molecule has 0 unspecified atom stereocenters. The van der Waals surface area contributed by atoms with E-state index >= 15 is 0 Å². The van der Waals surface area contributed by atoms with Crippen molar-refractivity contribution in [2.75, 3.05) is 13.1 Å². The average Bonchev–Trinajstić information content (AvgIpc) is 2.43. The molecule has 1 heterocycles. The lowest BCUT2D eigenvalue weighted by atomic mass is 10.3. The highest BCUT2D eigenvalue weighted by Crippen LogP contribution is 2.12. The van der Waals surface area contributed by atoms with Gasteiger partial charge in [-0.25, -0.2) is 0 Å². The van der Waals surface area contributed by atoms with E-state index in [1.54, 1.807) is 13.0 Å². The number of ether oxygens (including phenoxy) is 1. The zero-order valence-corrected chi connectivity index (χ0v) is 8.47. The van der Waals surface area contributed by atoms with Gasteiger partial charge in [-0.3, -0.25) is 4.79 Å². The summed E-state index contributed by atoms with van der Waals surface area (Å²) in [4.78, 5) is 12.6. The number of hydrogen-bond acceptors (Lipinski definition) is 3. The van der Waals surface area contributed by atoms with Crippen molar-refractivity contribution in [1.82, 2.24) is 4.90 Å². The molecule has 13 heavy (non-hydrogen) atoms. The molecular formula is C9H13NO2S. The molecule has 0 bridgehead atoms. The predicted molar refractivity (Wildman–Crippen MR) is 54.5 cm³/mol. The van der Waals surface area contributed by atoms with E-state index in [2.05, 4.69) is 6.58 Å². The Balaban J connectivity index is 2.39. The van der Waals surface area contributed by atoms with Gasteiger partial charge in [-0.2, -0.15) is 0 Å². The molecule has 0 amide bonds. The quantitative estimate of drug-likeness (QED) is 0.501. The van der Waals surface area contributed by atoms with E-state index < -0.39 is 0 Å². The molecule has 1 fully saturated rings. The second-order valence-electron chi connectivity index (χ2n) is 3.06. The summed E-state index contributed by atoms with van der Waals surface area (Å²) in [7, 11) is 0. The van der Waals surface area contributed by atoms with Crippen LogP contribution in [0.25, 0.3) is 0 Å². The number of rotatable bonds is 4. The third-order valence-electron chi connectivity index (χ3n) is 1.91. The monoisotopic (exact) mass is 199 g/mol. The van der Waals surface area contributed by atoms with Gasteiger partial charge in [0.15, 0.2) is 0 Å². The first kappa shape index (κ1) is 10.2. The Morgan fingerprint density at radius 3 is 3.08 bits per heavy atom. The smallest absolute Gasteiger partial charge is 0.260 e. The lowest BCUT2D eigenvalue weighted by molar-refractivity contribution is -0.117. The number of carbonyl (C=O) groups is 1. The number of ketones is 1. The maximum Gasteiger partial charge on any atom is 0.260 e. The summed E-state index contributed by atoms with van der Waals surface area (Å²) in [6.07, 6.45) is 2.23. The van der Waals surface area contributed by atoms with E-state index in [0.29, 0.717) is 18.1 Å². The zero-order chi connectivity index (χ0) is 9.84. The SMILES string of the molecule is C=C[C@@H]1CN(CCC(C)=O)C(=S)O1. The number of nitrogens with zero attached hydrogens (tertiary/aromatic N) is 1. The third kappa shape index (κ3) is 2.81. The Morgan fingerprint density at radius 2 is 2.62 bits per heavy atom. The van der Waals surface area contributed by atoms with Crippen LogP contribution in [-0.4, -0.2) is 35.1 Å². The van der Waals surface area contributed by atoms with Crippen molar-refractivity contribution in [3.05, 3.63) is 12.7 Å². The average molecular weight is 199 g/mol. The zero-order valence-electron chi connectivity index (χ0n) is 7.66. The van der Waals surface area contributed by atoms with Gasteiger partial charge in [0.1, 0.15) is 11.9 Å².